The van der Waals surface area contributed by atoms with Crippen LogP contribution in [0.15, 0.2) is 6.07 Å². The van der Waals surface area contributed by atoms with Gasteiger partial charge in [-0.05, 0) is 57.8 Å². The number of hydrogen-bond acceptors (Lipinski definition) is 3. The summed E-state index contributed by atoms with van der Waals surface area (Å²) >= 11 is 1.92. The van der Waals surface area contributed by atoms with E-state index in [-0.39, 0.29) is 0 Å². The molecule has 0 aliphatic carbocycles. The van der Waals surface area contributed by atoms with Gasteiger partial charge < -0.3 is 10.6 Å². The minimum Gasteiger partial charge on any atom is -0.314 e. The van der Waals surface area contributed by atoms with E-state index >= 15 is 0 Å². The first-order chi connectivity index (χ1) is 7.66. The van der Waals surface area contributed by atoms with Crippen molar-refractivity contribution in [2.24, 2.45) is 5.92 Å². The Morgan fingerprint density at radius 3 is 2.88 bits per heavy atom. The standard InChI is InChI=1S/C13H22N2S/c1-9-6-13(16-11(9)3)8-14-7-12-4-5-15-10(12)2/h6,10,12,14-15H,4-5,7-8H2,1-3H3. The smallest absolute Gasteiger partial charge is 0.0300 e. The van der Waals surface area contributed by atoms with Crippen molar-refractivity contribution >= 4 is 11.3 Å². The fourth-order valence-corrected chi connectivity index (χ4v) is 3.33. The molecule has 1 aromatic heterocycles. The highest BCUT2D eigenvalue weighted by Crippen LogP contribution is 2.20. The topological polar surface area (TPSA) is 24.1 Å². The highest BCUT2D eigenvalue weighted by molar-refractivity contribution is 7.12. The number of nitrogens with one attached hydrogen (secondary N) is 2. The minimum absolute atomic E-state index is 0.680. The van der Waals surface area contributed by atoms with Crippen molar-refractivity contribution in [2.75, 3.05) is 13.1 Å². The molecule has 0 radical (unpaired) electrons. The number of hydrogen-bond donors (Lipinski definition) is 2. The van der Waals surface area contributed by atoms with Gasteiger partial charge in [0.25, 0.3) is 0 Å². The Labute approximate surface area is 102 Å². The molecule has 0 bridgehead atoms. The zero-order chi connectivity index (χ0) is 11.5. The molecule has 2 atom stereocenters. The molecule has 0 spiro atoms. The molecule has 1 fully saturated rings. The summed E-state index contributed by atoms with van der Waals surface area (Å²) < 4.78 is 0. The van der Waals surface area contributed by atoms with E-state index in [4.69, 9.17) is 0 Å². The van der Waals surface area contributed by atoms with Crippen molar-refractivity contribution in [3.63, 3.8) is 0 Å². The van der Waals surface area contributed by atoms with Gasteiger partial charge in [-0.2, -0.15) is 0 Å². The summed E-state index contributed by atoms with van der Waals surface area (Å²) in [5.41, 5.74) is 1.43. The van der Waals surface area contributed by atoms with Crippen LogP contribution in [-0.2, 0) is 6.54 Å². The Bertz CT molecular complexity index is 326. The van der Waals surface area contributed by atoms with Crippen molar-refractivity contribution in [3.8, 4) is 0 Å². The molecule has 2 N–H and O–H groups in total. The Balaban J connectivity index is 1.75. The van der Waals surface area contributed by atoms with E-state index in [1.807, 2.05) is 11.3 Å². The largest absolute Gasteiger partial charge is 0.314 e. The number of rotatable bonds is 4. The van der Waals surface area contributed by atoms with Gasteiger partial charge in [-0.3, -0.25) is 0 Å². The molecule has 1 aromatic rings. The van der Waals surface area contributed by atoms with Crippen LogP contribution in [0.3, 0.4) is 0 Å². The lowest BCUT2D eigenvalue weighted by atomic mass is 10.0. The third kappa shape index (κ3) is 2.84. The van der Waals surface area contributed by atoms with Crippen LogP contribution in [-0.4, -0.2) is 19.1 Å². The SMILES string of the molecule is Cc1cc(CNCC2CCNC2C)sc1C. The van der Waals surface area contributed by atoms with Gasteiger partial charge in [0.15, 0.2) is 0 Å². The quantitative estimate of drug-likeness (QED) is 0.842. The molecule has 2 heterocycles. The highest BCUT2D eigenvalue weighted by Gasteiger charge is 2.21. The predicted molar refractivity (Wildman–Crippen MR) is 71.1 cm³/mol. The Morgan fingerprint density at radius 1 is 1.50 bits per heavy atom. The van der Waals surface area contributed by atoms with E-state index in [1.165, 1.54) is 28.3 Å². The second kappa shape index (κ2) is 5.30. The van der Waals surface area contributed by atoms with Gasteiger partial charge >= 0.3 is 0 Å². The molecule has 0 amide bonds. The highest BCUT2D eigenvalue weighted by atomic mass is 32.1. The lowest BCUT2D eigenvalue weighted by Crippen LogP contribution is -2.30. The van der Waals surface area contributed by atoms with Gasteiger partial charge in [0.05, 0.1) is 0 Å². The molecule has 90 valence electrons. The first kappa shape index (κ1) is 12.1. The van der Waals surface area contributed by atoms with Gasteiger partial charge in [0, 0.05) is 22.3 Å². The van der Waals surface area contributed by atoms with Gasteiger partial charge in [-0.1, -0.05) is 0 Å². The Morgan fingerprint density at radius 2 is 2.31 bits per heavy atom. The second-order valence-corrected chi connectivity index (χ2v) is 6.22. The molecule has 1 saturated heterocycles. The zero-order valence-electron chi connectivity index (χ0n) is 10.5. The lowest BCUT2D eigenvalue weighted by molar-refractivity contribution is 0.440. The third-order valence-electron chi connectivity index (χ3n) is 3.61. The van der Waals surface area contributed by atoms with Crippen LogP contribution in [0, 0.1) is 19.8 Å². The van der Waals surface area contributed by atoms with Gasteiger partial charge in [-0.25, -0.2) is 0 Å². The summed E-state index contributed by atoms with van der Waals surface area (Å²) in [7, 11) is 0. The van der Waals surface area contributed by atoms with Crippen LogP contribution >= 0.6 is 11.3 Å². The molecule has 2 rings (SSSR count). The molecule has 3 heteroatoms. The number of aryl methyl sites for hydroxylation is 2. The van der Waals surface area contributed by atoms with Crippen LogP contribution in [0.25, 0.3) is 0 Å². The molecule has 16 heavy (non-hydrogen) atoms. The Kier molecular flexibility index (Phi) is 4.00. The maximum Gasteiger partial charge on any atom is 0.0300 e. The zero-order valence-corrected chi connectivity index (χ0v) is 11.3. The van der Waals surface area contributed by atoms with E-state index in [1.54, 1.807) is 0 Å². The average molecular weight is 238 g/mol. The summed E-state index contributed by atoms with van der Waals surface area (Å²) in [5, 5.41) is 7.08. The lowest BCUT2D eigenvalue weighted by Gasteiger charge is -2.15. The monoisotopic (exact) mass is 238 g/mol. The van der Waals surface area contributed by atoms with Crippen molar-refractivity contribution in [3.05, 3.63) is 21.4 Å². The van der Waals surface area contributed by atoms with Crippen molar-refractivity contribution < 1.29 is 0 Å². The van der Waals surface area contributed by atoms with E-state index in [0.717, 1.165) is 19.0 Å². The van der Waals surface area contributed by atoms with Crippen LogP contribution in [0.5, 0.6) is 0 Å². The maximum absolute atomic E-state index is 3.58. The summed E-state index contributed by atoms with van der Waals surface area (Å²) in [6.45, 7) is 10.0. The average Bonchev–Trinajstić information content (AvgIpc) is 2.76. The van der Waals surface area contributed by atoms with Gasteiger partial charge in [-0.15, -0.1) is 11.3 Å². The first-order valence-electron chi connectivity index (χ1n) is 6.17. The summed E-state index contributed by atoms with van der Waals surface area (Å²) in [5.74, 6) is 0.808. The van der Waals surface area contributed by atoms with Gasteiger partial charge in [0.1, 0.15) is 0 Å². The third-order valence-corrected chi connectivity index (χ3v) is 4.76. The maximum atomic E-state index is 3.58. The Hall–Kier alpha value is -0.380. The molecule has 0 aromatic carbocycles. The van der Waals surface area contributed by atoms with Crippen molar-refractivity contribution in [1.29, 1.82) is 0 Å². The molecule has 2 nitrogen and oxygen atoms in total. The number of thiophene rings is 1. The van der Waals surface area contributed by atoms with Crippen LogP contribution in [0.1, 0.15) is 28.7 Å². The predicted octanol–water partition coefficient (Wildman–Crippen LogP) is 2.45. The second-order valence-electron chi connectivity index (χ2n) is 4.87. The van der Waals surface area contributed by atoms with E-state index < -0.39 is 0 Å². The molecular formula is C13H22N2S. The van der Waals surface area contributed by atoms with Crippen LogP contribution in [0.4, 0.5) is 0 Å². The van der Waals surface area contributed by atoms with Crippen LogP contribution in [0.2, 0.25) is 0 Å². The van der Waals surface area contributed by atoms with Crippen molar-refractivity contribution in [2.45, 2.75) is 39.8 Å². The van der Waals surface area contributed by atoms with Crippen molar-refractivity contribution in [1.82, 2.24) is 10.6 Å². The van der Waals surface area contributed by atoms with Gasteiger partial charge in [0.2, 0.25) is 0 Å². The normalized spacial score (nSPS) is 25.2. The molecule has 2 unspecified atom stereocenters. The van der Waals surface area contributed by atoms with E-state index in [0.29, 0.717) is 6.04 Å². The fourth-order valence-electron chi connectivity index (χ4n) is 2.31. The summed E-state index contributed by atoms with van der Waals surface area (Å²) in [4.78, 5) is 2.92. The molecule has 0 saturated carbocycles. The molecule has 1 aliphatic heterocycles. The van der Waals surface area contributed by atoms with E-state index in [9.17, 15) is 0 Å². The van der Waals surface area contributed by atoms with E-state index in [2.05, 4.69) is 37.5 Å². The minimum atomic E-state index is 0.680. The summed E-state index contributed by atoms with van der Waals surface area (Å²) in [6, 6.07) is 2.99. The molecular weight excluding hydrogens is 216 g/mol. The first-order valence-corrected chi connectivity index (χ1v) is 6.98. The molecule has 1 aliphatic rings. The fraction of sp³-hybridized carbons (Fsp3) is 0.692. The summed E-state index contributed by atoms with van der Waals surface area (Å²) in [6.07, 6.45) is 1.32. The van der Waals surface area contributed by atoms with Crippen LogP contribution < -0.4 is 10.6 Å².